The first-order valence-electron chi connectivity index (χ1n) is 4.82. The van der Waals surface area contributed by atoms with E-state index in [1.807, 2.05) is 13.8 Å². The van der Waals surface area contributed by atoms with Crippen LogP contribution in [0.5, 0.6) is 0 Å². The quantitative estimate of drug-likeness (QED) is 0.768. The van der Waals surface area contributed by atoms with Gasteiger partial charge in [-0.1, -0.05) is 0 Å². The number of nitrogens with two attached hydrogens (primary N) is 1. The number of hydrogen-bond acceptors (Lipinski definition) is 5. The SMILES string of the molecule is CC(C)(N)c1nnc(C2CCCO2)o1. The van der Waals surface area contributed by atoms with E-state index in [0.29, 0.717) is 11.8 Å². The number of ether oxygens (including phenoxy) is 1. The topological polar surface area (TPSA) is 74.2 Å². The number of nitrogens with zero attached hydrogens (tertiary/aromatic N) is 2. The molecule has 2 rings (SSSR count). The van der Waals surface area contributed by atoms with Gasteiger partial charge in [0.05, 0.1) is 5.54 Å². The Morgan fingerprint density at radius 1 is 1.43 bits per heavy atom. The van der Waals surface area contributed by atoms with E-state index >= 15 is 0 Å². The Hall–Kier alpha value is -0.940. The molecule has 78 valence electrons. The zero-order chi connectivity index (χ0) is 10.2. The van der Waals surface area contributed by atoms with Crippen LogP contribution < -0.4 is 5.73 Å². The second-order valence-electron chi connectivity index (χ2n) is 4.17. The largest absolute Gasteiger partial charge is 0.420 e. The molecule has 5 nitrogen and oxygen atoms in total. The van der Waals surface area contributed by atoms with Gasteiger partial charge in [-0.15, -0.1) is 10.2 Å². The molecule has 2 N–H and O–H groups in total. The molecule has 0 aromatic carbocycles. The Bertz CT molecular complexity index is 310. The number of rotatable bonds is 2. The predicted octanol–water partition coefficient (Wildman–Crippen LogP) is 1.11. The van der Waals surface area contributed by atoms with Crippen molar-refractivity contribution in [1.82, 2.24) is 10.2 Å². The van der Waals surface area contributed by atoms with E-state index in [-0.39, 0.29) is 6.10 Å². The molecule has 0 saturated carbocycles. The first-order chi connectivity index (χ1) is 6.57. The van der Waals surface area contributed by atoms with Gasteiger partial charge in [0.15, 0.2) is 0 Å². The normalized spacial score (nSPS) is 22.9. The van der Waals surface area contributed by atoms with Crippen molar-refractivity contribution < 1.29 is 9.15 Å². The number of hydrogen-bond donors (Lipinski definition) is 1. The molecule has 5 heteroatoms. The Labute approximate surface area is 82.6 Å². The maximum absolute atomic E-state index is 5.83. The Kier molecular flexibility index (Phi) is 2.28. The summed E-state index contributed by atoms with van der Waals surface area (Å²) < 4.78 is 10.9. The van der Waals surface area contributed by atoms with Gasteiger partial charge in [0.2, 0.25) is 11.8 Å². The lowest BCUT2D eigenvalue weighted by Crippen LogP contribution is -2.29. The molecule has 1 aliphatic heterocycles. The van der Waals surface area contributed by atoms with Crippen molar-refractivity contribution in [1.29, 1.82) is 0 Å². The van der Waals surface area contributed by atoms with Crippen LogP contribution in [0.25, 0.3) is 0 Å². The molecule has 0 radical (unpaired) electrons. The molecule has 0 amide bonds. The lowest BCUT2D eigenvalue weighted by atomic mass is 10.1. The van der Waals surface area contributed by atoms with E-state index in [4.69, 9.17) is 14.9 Å². The summed E-state index contributed by atoms with van der Waals surface area (Å²) in [7, 11) is 0. The fraction of sp³-hybridized carbons (Fsp3) is 0.778. The molecule has 14 heavy (non-hydrogen) atoms. The summed E-state index contributed by atoms with van der Waals surface area (Å²) >= 11 is 0. The van der Waals surface area contributed by atoms with Gasteiger partial charge >= 0.3 is 0 Å². The standard InChI is InChI=1S/C9H15N3O2/c1-9(2,10)8-12-11-7(14-8)6-4-3-5-13-6/h6H,3-5,10H2,1-2H3. The third kappa shape index (κ3) is 1.78. The van der Waals surface area contributed by atoms with Gasteiger partial charge in [-0.2, -0.15) is 0 Å². The smallest absolute Gasteiger partial charge is 0.245 e. The Balaban J connectivity index is 2.17. The molecule has 0 aliphatic carbocycles. The molecule has 1 aromatic heterocycles. The highest BCUT2D eigenvalue weighted by atomic mass is 16.5. The van der Waals surface area contributed by atoms with Gasteiger partial charge < -0.3 is 14.9 Å². The van der Waals surface area contributed by atoms with E-state index in [1.54, 1.807) is 0 Å². The first-order valence-corrected chi connectivity index (χ1v) is 4.82. The zero-order valence-electron chi connectivity index (χ0n) is 8.49. The van der Waals surface area contributed by atoms with E-state index in [2.05, 4.69) is 10.2 Å². The van der Waals surface area contributed by atoms with Crippen LogP contribution in [0, 0.1) is 0 Å². The van der Waals surface area contributed by atoms with Crippen molar-refractivity contribution in [3.8, 4) is 0 Å². The van der Waals surface area contributed by atoms with Gasteiger partial charge in [0, 0.05) is 6.61 Å². The average Bonchev–Trinajstić information content (AvgIpc) is 2.73. The summed E-state index contributed by atoms with van der Waals surface area (Å²) in [6.07, 6.45) is 1.97. The highest BCUT2D eigenvalue weighted by Crippen LogP contribution is 2.28. The van der Waals surface area contributed by atoms with Crippen molar-refractivity contribution >= 4 is 0 Å². The second kappa shape index (κ2) is 3.33. The Morgan fingerprint density at radius 3 is 2.71 bits per heavy atom. The maximum atomic E-state index is 5.83. The van der Waals surface area contributed by atoms with Crippen LogP contribution in [0.2, 0.25) is 0 Å². The molecule has 1 fully saturated rings. The molecule has 1 atom stereocenters. The molecule has 1 aliphatic rings. The van der Waals surface area contributed by atoms with Gasteiger partial charge in [0.1, 0.15) is 6.10 Å². The molecule has 1 saturated heterocycles. The summed E-state index contributed by atoms with van der Waals surface area (Å²) in [6, 6.07) is 0. The van der Waals surface area contributed by atoms with E-state index in [1.165, 1.54) is 0 Å². The highest BCUT2D eigenvalue weighted by Gasteiger charge is 2.27. The van der Waals surface area contributed by atoms with Crippen molar-refractivity contribution in [2.45, 2.75) is 38.3 Å². The predicted molar refractivity (Wildman–Crippen MR) is 49.4 cm³/mol. The van der Waals surface area contributed by atoms with Gasteiger partial charge in [0.25, 0.3) is 0 Å². The average molecular weight is 197 g/mol. The summed E-state index contributed by atoms with van der Waals surface area (Å²) in [6.45, 7) is 4.44. The summed E-state index contributed by atoms with van der Waals surface area (Å²) in [5, 5.41) is 7.85. The molecule has 0 spiro atoms. The lowest BCUT2D eigenvalue weighted by Gasteiger charge is -2.11. The van der Waals surface area contributed by atoms with Crippen molar-refractivity contribution in [3.05, 3.63) is 11.8 Å². The molecular formula is C9H15N3O2. The third-order valence-corrected chi connectivity index (χ3v) is 2.20. The minimum atomic E-state index is -0.580. The minimum Gasteiger partial charge on any atom is -0.420 e. The van der Waals surface area contributed by atoms with Gasteiger partial charge in [-0.05, 0) is 26.7 Å². The van der Waals surface area contributed by atoms with Crippen molar-refractivity contribution in [2.75, 3.05) is 6.61 Å². The third-order valence-electron chi connectivity index (χ3n) is 2.20. The molecule has 0 bridgehead atoms. The van der Waals surface area contributed by atoms with E-state index < -0.39 is 5.54 Å². The van der Waals surface area contributed by atoms with Crippen LogP contribution in [0.4, 0.5) is 0 Å². The van der Waals surface area contributed by atoms with Crippen molar-refractivity contribution in [3.63, 3.8) is 0 Å². The molecule has 2 heterocycles. The fourth-order valence-electron chi connectivity index (χ4n) is 1.40. The Morgan fingerprint density at radius 2 is 2.21 bits per heavy atom. The lowest BCUT2D eigenvalue weighted by molar-refractivity contribution is 0.0869. The van der Waals surface area contributed by atoms with Crippen LogP contribution in [0.15, 0.2) is 4.42 Å². The summed E-state index contributed by atoms with van der Waals surface area (Å²) in [5.41, 5.74) is 5.25. The van der Waals surface area contributed by atoms with E-state index in [0.717, 1.165) is 19.4 Å². The van der Waals surface area contributed by atoms with Crippen LogP contribution in [-0.4, -0.2) is 16.8 Å². The monoisotopic (exact) mass is 197 g/mol. The van der Waals surface area contributed by atoms with Gasteiger partial charge in [-0.3, -0.25) is 0 Å². The highest BCUT2D eigenvalue weighted by molar-refractivity contribution is 4.97. The van der Waals surface area contributed by atoms with Crippen LogP contribution in [-0.2, 0) is 10.3 Å². The van der Waals surface area contributed by atoms with Gasteiger partial charge in [-0.25, -0.2) is 0 Å². The van der Waals surface area contributed by atoms with Crippen LogP contribution >= 0.6 is 0 Å². The van der Waals surface area contributed by atoms with Crippen molar-refractivity contribution in [2.24, 2.45) is 5.73 Å². The van der Waals surface area contributed by atoms with Crippen LogP contribution in [0.3, 0.4) is 0 Å². The molecular weight excluding hydrogens is 182 g/mol. The molecule has 1 unspecified atom stereocenters. The molecule has 1 aromatic rings. The van der Waals surface area contributed by atoms with E-state index in [9.17, 15) is 0 Å². The second-order valence-corrected chi connectivity index (χ2v) is 4.17. The summed E-state index contributed by atoms with van der Waals surface area (Å²) in [5.74, 6) is 1.01. The zero-order valence-corrected chi connectivity index (χ0v) is 8.49. The summed E-state index contributed by atoms with van der Waals surface area (Å²) in [4.78, 5) is 0. The number of aromatic nitrogens is 2. The van der Waals surface area contributed by atoms with Crippen LogP contribution in [0.1, 0.15) is 44.6 Å². The fourth-order valence-corrected chi connectivity index (χ4v) is 1.40. The minimum absolute atomic E-state index is 0.0291. The maximum Gasteiger partial charge on any atom is 0.245 e. The first kappa shape index (κ1) is 9.61.